The number of halogens is 1. The number of aliphatic hydroxyl groups excluding tert-OH is 1. The van der Waals surface area contributed by atoms with Crippen molar-refractivity contribution in [1.82, 2.24) is 9.78 Å². The van der Waals surface area contributed by atoms with Gasteiger partial charge in [-0.15, -0.1) is 0 Å². The fourth-order valence-corrected chi connectivity index (χ4v) is 2.31. The highest BCUT2D eigenvalue weighted by Crippen LogP contribution is 2.29. The topological polar surface area (TPSA) is 81.2 Å². The predicted octanol–water partition coefficient (Wildman–Crippen LogP) is 2.76. The maximum Gasteiger partial charge on any atom is 0.271 e. The van der Waals surface area contributed by atoms with Crippen molar-refractivity contribution in [3.8, 4) is 0 Å². The Morgan fingerprint density at radius 1 is 1.37 bits per heavy atom. The van der Waals surface area contributed by atoms with E-state index in [1.807, 2.05) is 0 Å². The number of rotatable bonds is 6. The Morgan fingerprint density at radius 3 is 2.84 bits per heavy atom. The van der Waals surface area contributed by atoms with E-state index in [0.717, 1.165) is 24.8 Å². The van der Waals surface area contributed by atoms with Gasteiger partial charge in [-0.3, -0.25) is 14.8 Å². The van der Waals surface area contributed by atoms with Crippen molar-refractivity contribution in [3.63, 3.8) is 0 Å². The van der Waals surface area contributed by atoms with Gasteiger partial charge in [0.05, 0.1) is 21.7 Å². The van der Waals surface area contributed by atoms with Crippen LogP contribution in [0.3, 0.4) is 0 Å². The highest BCUT2D eigenvalue weighted by atomic mass is 35.5. The normalized spacial score (nSPS) is 11.1. The van der Waals surface area contributed by atoms with Gasteiger partial charge in [0, 0.05) is 30.7 Å². The van der Waals surface area contributed by atoms with Crippen LogP contribution in [0.5, 0.6) is 0 Å². The van der Waals surface area contributed by atoms with Gasteiger partial charge >= 0.3 is 0 Å². The van der Waals surface area contributed by atoms with Crippen LogP contribution in [0, 0.1) is 10.1 Å². The zero-order chi connectivity index (χ0) is 13.8. The van der Waals surface area contributed by atoms with Gasteiger partial charge in [-0.05, 0) is 19.3 Å². The first-order valence-corrected chi connectivity index (χ1v) is 6.41. The summed E-state index contributed by atoms with van der Waals surface area (Å²) in [7, 11) is 0. The molecule has 7 heteroatoms. The zero-order valence-corrected chi connectivity index (χ0v) is 11.0. The van der Waals surface area contributed by atoms with Crippen molar-refractivity contribution >= 4 is 28.2 Å². The van der Waals surface area contributed by atoms with Crippen molar-refractivity contribution in [2.75, 3.05) is 6.61 Å². The van der Waals surface area contributed by atoms with Gasteiger partial charge in [-0.25, -0.2) is 0 Å². The molecular weight excluding hydrogens is 270 g/mol. The predicted molar refractivity (Wildman–Crippen MR) is 72.3 cm³/mol. The van der Waals surface area contributed by atoms with E-state index in [1.165, 1.54) is 12.1 Å². The van der Waals surface area contributed by atoms with Gasteiger partial charge in [0.1, 0.15) is 0 Å². The van der Waals surface area contributed by atoms with Gasteiger partial charge in [-0.2, -0.15) is 5.10 Å². The van der Waals surface area contributed by atoms with Crippen molar-refractivity contribution in [2.45, 2.75) is 25.8 Å². The average Bonchev–Trinajstić information content (AvgIpc) is 2.78. The first kappa shape index (κ1) is 13.8. The van der Waals surface area contributed by atoms with E-state index in [2.05, 4.69) is 5.10 Å². The number of aliphatic hydroxyl groups is 1. The summed E-state index contributed by atoms with van der Waals surface area (Å²) in [6.07, 6.45) is 4.13. The molecule has 0 bridgehead atoms. The largest absolute Gasteiger partial charge is 0.396 e. The number of unbranched alkanes of at least 4 members (excludes halogenated alkanes) is 2. The minimum Gasteiger partial charge on any atom is -0.396 e. The van der Waals surface area contributed by atoms with Crippen LogP contribution in [-0.4, -0.2) is 26.4 Å². The maximum atomic E-state index is 10.7. The van der Waals surface area contributed by atoms with Crippen LogP contribution in [0.4, 0.5) is 5.69 Å². The summed E-state index contributed by atoms with van der Waals surface area (Å²) in [6, 6.07) is 2.81. The monoisotopic (exact) mass is 283 g/mol. The Bertz CT molecular complexity index is 597. The molecule has 0 amide bonds. The van der Waals surface area contributed by atoms with Gasteiger partial charge in [0.25, 0.3) is 5.69 Å². The summed E-state index contributed by atoms with van der Waals surface area (Å²) in [5.74, 6) is 0. The second-order valence-electron chi connectivity index (χ2n) is 4.27. The highest BCUT2D eigenvalue weighted by Gasteiger charge is 2.14. The van der Waals surface area contributed by atoms with E-state index in [0.29, 0.717) is 17.0 Å². The third kappa shape index (κ3) is 3.02. The second kappa shape index (κ2) is 5.99. The Morgan fingerprint density at radius 2 is 2.16 bits per heavy atom. The molecule has 1 aromatic heterocycles. The number of hydrogen-bond donors (Lipinski definition) is 1. The summed E-state index contributed by atoms with van der Waals surface area (Å²) in [5, 5.41) is 24.7. The molecule has 0 saturated carbocycles. The van der Waals surface area contributed by atoms with E-state index >= 15 is 0 Å². The molecule has 6 nitrogen and oxygen atoms in total. The third-order valence-corrected chi connectivity index (χ3v) is 3.20. The van der Waals surface area contributed by atoms with Crippen LogP contribution < -0.4 is 0 Å². The van der Waals surface area contributed by atoms with Gasteiger partial charge in [0.2, 0.25) is 0 Å². The van der Waals surface area contributed by atoms with Crippen molar-refractivity contribution in [3.05, 3.63) is 33.5 Å². The molecular formula is C12H14ClN3O3. The number of aromatic nitrogens is 2. The standard InChI is InChI=1S/C12H14ClN3O3/c13-11-7-10(16(18)19)6-9-8-14-15(12(9)11)4-2-1-3-5-17/h6-8,17H,1-5H2. The summed E-state index contributed by atoms with van der Waals surface area (Å²) in [4.78, 5) is 10.3. The maximum absolute atomic E-state index is 10.7. The molecule has 0 fully saturated rings. The fourth-order valence-electron chi connectivity index (χ4n) is 1.99. The lowest BCUT2D eigenvalue weighted by Crippen LogP contribution is -2.01. The Balaban J connectivity index is 2.25. The fraction of sp³-hybridized carbons (Fsp3) is 0.417. The van der Waals surface area contributed by atoms with Crippen LogP contribution in [-0.2, 0) is 6.54 Å². The lowest BCUT2D eigenvalue weighted by atomic mass is 10.2. The molecule has 0 saturated heterocycles. The first-order chi connectivity index (χ1) is 9.13. The van der Waals surface area contributed by atoms with E-state index in [-0.39, 0.29) is 12.3 Å². The number of non-ortho nitro benzene ring substituents is 1. The average molecular weight is 284 g/mol. The van der Waals surface area contributed by atoms with Crippen LogP contribution in [0.15, 0.2) is 18.3 Å². The number of nitro groups is 1. The number of benzene rings is 1. The molecule has 0 aliphatic carbocycles. The molecule has 102 valence electrons. The summed E-state index contributed by atoms with van der Waals surface area (Å²) in [6.45, 7) is 0.869. The molecule has 0 aliphatic rings. The molecule has 1 heterocycles. The molecule has 0 unspecified atom stereocenters. The zero-order valence-electron chi connectivity index (χ0n) is 10.3. The van der Waals surface area contributed by atoms with Crippen LogP contribution >= 0.6 is 11.6 Å². The molecule has 0 atom stereocenters. The molecule has 2 rings (SSSR count). The first-order valence-electron chi connectivity index (χ1n) is 6.04. The minimum atomic E-state index is -0.468. The highest BCUT2D eigenvalue weighted by molar-refractivity contribution is 6.35. The summed E-state index contributed by atoms with van der Waals surface area (Å²) in [5.41, 5.74) is 0.689. The molecule has 0 aliphatic heterocycles. The molecule has 0 radical (unpaired) electrons. The van der Waals surface area contributed by atoms with Gasteiger partial charge in [-0.1, -0.05) is 11.6 Å². The Labute approximate surface area is 114 Å². The number of nitro benzene ring substituents is 1. The Hall–Kier alpha value is -1.66. The van der Waals surface area contributed by atoms with Crippen molar-refractivity contribution in [1.29, 1.82) is 0 Å². The second-order valence-corrected chi connectivity index (χ2v) is 4.68. The van der Waals surface area contributed by atoms with E-state index in [1.54, 1.807) is 10.9 Å². The number of nitrogens with zero attached hydrogens (tertiary/aromatic N) is 3. The lowest BCUT2D eigenvalue weighted by molar-refractivity contribution is -0.384. The minimum absolute atomic E-state index is 0.0302. The molecule has 2 aromatic rings. The SMILES string of the molecule is O=[N+]([O-])c1cc(Cl)c2c(cnn2CCCCCO)c1. The third-order valence-electron chi connectivity index (χ3n) is 2.91. The van der Waals surface area contributed by atoms with Gasteiger partial charge < -0.3 is 5.11 Å². The van der Waals surface area contributed by atoms with E-state index in [9.17, 15) is 10.1 Å². The number of hydrogen-bond acceptors (Lipinski definition) is 4. The van der Waals surface area contributed by atoms with E-state index < -0.39 is 4.92 Å². The lowest BCUT2D eigenvalue weighted by Gasteiger charge is -2.04. The van der Waals surface area contributed by atoms with E-state index in [4.69, 9.17) is 16.7 Å². The van der Waals surface area contributed by atoms with Crippen LogP contribution in [0.2, 0.25) is 5.02 Å². The number of aryl methyl sites for hydroxylation is 1. The molecule has 1 aromatic carbocycles. The summed E-state index contributed by atoms with van der Waals surface area (Å²) >= 11 is 6.09. The summed E-state index contributed by atoms with van der Waals surface area (Å²) < 4.78 is 1.75. The number of fused-ring (bicyclic) bond motifs is 1. The Kier molecular flexibility index (Phi) is 4.34. The quantitative estimate of drug-likeness (QED) is 0.502. The van der Waals surface area contributed by atoms with Gasteiger partial charge in [0.15, 0.2) is 0 Å². The molecule has 1 N–H and O–H groups in total. The van der Waals surface area contributed by atoms with Crippen molar-refractivity contribution in [2.24, 2.45) is 0 Å². The van der Waals surface area contributed by atoms with Crippen molar-refractivity contribution < 1.29 is 10.0 Å². The smallest absolute Gasteiger partial charge is 0.271 e. The molecule has 19 heavy (non-hydrogen) atoms. The molecule has 0 spiro atoms. The van der Waals surface area contributed by atoms with Crippen LogP contribution in [0.1, 0.15) is 19.3 Å². The van der Waals surface area contributed by atoms with Crippen LogP contribution in [0.25, 0.3) is 10.9 Å².